The van der Waals surface area contributed by atoms with E-state index < -0.39 is 0 Å². The molecule has 408 valence electrons. The number of nitrogens with one attached hydrogen (secondary N) is 1. The van der Waals surface area contributed by atoms with E-state index in [0.717, 1.165) is 45.0 Å². The van der Waals surface area contributed by atoms with Gasteiger partial charge in [-0.05, 0) is 82.5 Å². The molecule has 0 atom stereocenters. The highest BCUT2D eigenvalue weighted by atomic mass is 16.5. The summed E-state index contributed by atoms with van der Waals surface area (Å²) in [5.74, 6) is 1.13. The first-order valence-electron chi connectivity index (χ1n) is 31.6. The van der Waals surface area contributed by atoms with Crippen molar-refractivity contribution in [2.75, 3.05) is 52.5 Å². The summed E-state index contributed by atoms with van der Waals surface area (Å²) in [5.41, 5.74) is 4.24. The maximum atomic E-state index is 6.86. The number of rotatable bonds is 57. The smallest absolute Gasteiger partial charge is 0.128 e. The normalized spacial score (nSPS) is 11.8. The van der Waals surface area contributed by atoms with Crippen molar-refractivity contribution in [3.8, 4) is 5.75 Å². The third-order valence-electron chi connectivity index (χ3n) is 14.8. The molecule has 0 bridgehead atoms. The van der Waals surface area contributed by atoms with Gasteiger partial charge in [0.05, 0.1) is 6.61 Å². The quantitative estimate of drug-likeness (QED) is 0.0659. The Labute approximate surface area is 434 Å². The van der Waals surface area contributed by atoms with Crippen LogP contribution >= 0.6 is 0 Å². The minimum Gasteiger partial charge on any atom is -0.491 e. The molecule has 0 saturated carbocycles. The Morgan fingerprint density at radius 3 is 0.986 bits per heavy atom. The number of nitrogens with zero attached hydrogens (tertiary/aromatic N) is 2. The molecular formula is C64H125N3O2. The van der Waals surface area contributed by atoms with Gasteiger partial charge in [-0.2, -0.15) is 0 Å². The Hall–Kier alpha value is -1.14. The summed E-state index contributed by atoms with van der Waals surface area (Å²) in [7, 11) is 0. The standard InChI is InChI=1S/C64H125N3O2/c1-7-13-17-21-25-29-33-37-41-45-49-66(50-46-42-38-34-30-26-22-18-14-8-2)59-61-56-62(58-65-12-6)64(69-55-54-68-53-11-5)63(57-61)60-67(51-47-43-39-35-31-27-23-19-15-9-3)52-48-44-40-36-32-28-24-20-16-10-4/h56-57,65H,7-55,58-60H2,1-6H3. The molecule has 0 aliphatic heterocycles. The SMILES string of the molecule is CCCCCCCCCCCCN(CCCCCCCCCCCC)Cc1cc(CNCC)c(OCCOCCC)c(CN(CCCCCCCCCCCC)CCCCCCCCCCCC)c1. The maximum Gasteiger partial charge on any atom is 0.128 e. The largest absolute Gasteiger partial charge is 0.491 e. The summed E-state index contributed by atoms with van der Waals surface area (Å²) in [5, 5.41) is 3.73. The molecule has 69 heavy (non-hydrogen) atoms. The van der Waals surface area contributed by atoms with Gasteiger partial charge in [-0.15, -0.1) is 0 Å². The van der Waals surface area contributed by atoms with Gasteiger partial charge in [0, 0.05) is 37.4 Å². The molecule has 0 aliphatic rings. The highest BCUT2D eigenvalue weighted by Crippen LogP contribution is 2.30. The van der Waals surface area contributed by atoms with E-state index >= 15 is 0 Å². The third-order valence-corrected chi connectivity index (χ3v) is 14.8. The van der Waals surface area contributed by atoms with Crippen molar-refractivity contribution in [2.24, 2.45) is 0 Å². The number of hydrogen-bond donors (Lipinski definition) is 1. The van der Waals surface area contributed by atoms with E-state index in [1.54, 1.807) is 0 Å². The van der Waals surface area contributed by atoms with Crippen LogP contribution in [0.2, 0.25) is 0 Å². The molecule has 1 rings (SSSR count). The first kappa shape index (κ1) is 65.9. The van der Waals surface area contributed by atoms with Gasteiger partial charge in [-0.1, -0.05) is 273 Å². The zero-order valence-corrected chi connectivity index (χ0v) is 48.1. The lowest BCUT2D eigenvalue weighted by Gasteiger charge is -2.27. The highest BCUT2D eigenvalue weighted by molar-refractivity contribution is 5.45. The predicted molar refractivity (Wildman–Crippen MR) is 308 cm³/mol. The zero-order valence-electron chi connectivity index (χ0n) is 48.1. The summed E-state index contributed by atoms with van der Waals surface area (Å²) in [6, 6.07) is 5.11. The molecule has 0 saturated heterocycles. The predicted octanol–water partition coefficient (Wildman–Crippen LogP) is 19.9. The van der Waals surface area contributed by atoms with Crippen LogP contribution in [0.3, 0.4) is 0 Å². The van der Waals surface area contributed by atoms with Crippen molar-refractivity contribution in [1.82, 2.24) is 15.1 Å². The van der Waals surface area contributed by atoms with Crippen molar-refractivity contribution in [3.05, 3.63) is 28.8 Å². The van der Waals surface area contributed by atoms with E-state index in [2.05, 4.69) is 68.8 Å². The molecule has 0 spiro atoms. The lowest BCUT2D eigenvalue weighted by Crippen LogP contribution is -2.28. The minimum atomic E-state index is 0.617. The van der Waals surface area contributed by atoms with E-state index in [1.165, 1.54) is 300 Å². The highest BCUT2D eigenvalue weighted by Gasteiger charge is 2.18. The van der Waals surface area contributed by atoms with Crippen LogP contribution in [0.4, 0.5) is 0 Å². The number of unbranched alkanes of at least 4 members (excludes halogenated alkanes) is 36. The van der Waals surface area contributed by atoms with Crippen LogP contribution in [0.1, 0.15) is 321 Å². The van der Waals surface area contributed by atoms with Gasteiger partial charge in [0.25, 0.3) is 0 Å². The summed E-state index contributed by atoms with van der Waals surface area (Å²) in [4.78, 5) is 5.67. The minimum absolute atomic E-state index is 0.617. The van der Waals surface area contributed by atoms with Gasteiger partial charge < -0.3 is 14.8 Å². The Kier molecular flexibility index (Phi) is 50.8. The summed E-state index contributed by atoms with van der Waals surface area (Å²) in [6.07, 6.45) is 56.9. The van der Waals surface area contributed by atoms with Gasteiger partial charge in [-0.25, -0.2) is 0 Å². The fraction of sp³-hybridized carbons (Fsp3) is 0.906. The molecule has 5 heteroatoms. The molecule has 0 radical (unpaired) electrons. The van der Waals surface area contributed by atoms with E-state index in [0.29, 0.717) is 13.2 Å². The fourth-order valence-electron chi connectivity index (χ4n) is 10.4. The second-order valence-corrected chi connectivity index (χ2v) is 21.8. The molecule has 1 N–H and O–H groups in total. The molecule has 0 aromatic heterocycles. The lowest BCUT2D eigenvalue weighted by molar-refractivity contribution is 0.0994. The van der Waals surface area contributed by atoms with Crippen LogP contribution in [0.25, 0.3) is 0 Å². The molecular weight excluding hydrogens is 843 g/mol. The molecule has 5 nitrogen and oxygen atoms in total. The van der Waals surface area contributed by atoms with E-state index in [-0.39, 0.29) is 0 Å². The lowest BCUT2D eigenvalue weighted by atomic mass is 10.0. The van der Waals surface area contributed by atoms with Gasteiger partial charge in [0.1, 0.15) is 12.4 Å². The van der Waals surface area contributed by atoms with Crippen molar-refractivity contribution in [1.29, 1.82) is 0 Å². The zero-order chi connectivity index (χ0) is 49.8. The van der Waals surface area contributed by atoms with E-state index in [4.69, 9.17) is 9.47 Å². The van der Waals surface area contributed by atoms with Gasteiger partial charge in [0.2, 0.25) is 0 Å². The Morgan fingerprint density at radius 2 is 0.652 bits per heavy atom. The van der Waals surface area contributed by atoms with Crippen LogP contribution in [0.15, 0.2) is 12.1 Å². The number of ether oxygens (including phenoxy) is 2. The van der Waals surface area contributed by atoms with Crippen molar-refractivity contribution in [2.45, 2.75) is 324 Å². The molecule has 0 aliphatic carbocycles. The second-order valence-electron chi connectivity index (χ2n) is 21.8. The van der Waals surface area contributed by atoms with Crippen molar-refractivity contribution < 1.29 is 9.47 Å². The Morgan fingerprint density at radius 1 is 0.333 bits per heavy atom. The number of benzene rings is 1. The number of hydrogen-bond acceptors (Lipinski definition) is 5. The monoisotopic (exact) mass is 968 g/mol. The molecule has 0 heterocycles. The van der Waals surface area contributed by atoms with E-state index in [9.17, 15) is 0 Å². The van der Waals surface area contributed by atoms with Crippen LogP contribution in [0, 0.1) is 0 Å². The van der Waals surface area contributed by atoms with E-state index in [1.807, 2.05) is 0 Å². The average Bonchev–Trinajstić information content (AvgIpc) is 3.35. The van der Waals surface area contributed by atoms with Crippen molar-refractivity contribution in [3.63, 3.8) is 0 Å². The first-order valence-corrected chi connectivity index (χ1v) is 31.6. The summed E-state index contributed by atoms with van der Waals surface area (Å²) < 4.78 is 12.8. The average molecular weight is 969 g/mol. The van der Waals surface area contributed by atoms with Gasteiger partial charge in [-0.3, -0.25) is 9.80 Å². The summed E-state index contributed by atoms with van der Waals surface area (Å²) in [6.45, 7) is 24.5. The molecule has 0 fully saturated rings. The summed E-state index contributed by atoms with van der Waals surface area (Å²) >= 11 is 0. The van der Waals surface area contributed by atoms with Crippen LogP contribution in [0.5, 0.6) is 5.75 Å². The van der Waals surface area contributed by atoms with Crippen LogP contribution in [-0.4, -0.2) is 62.3 Å². The second kappa shape index (κ2) is 53.2. The topological polar surface area (TPSA) is 37.0 Å². The van der Waals surface area contributed by atoms with Crippen LogP contribution in [-0.2, 0) is 24.4 Å². The third kappa shape index (κ3) is 42.0. The molecule has 1 aromatic carbocycles. The Bertz CT molecular complexity index is 1110. The van der Waals surface area contributed by atoms with Crippen LogP contribution < -0.4 is 10.1 Å². The molecule has 0 unspecified atom stereocenters. The fourth-order valence-corrected chi connectivity index (χ4v) is 10.4. The van der Waals surface area contributed by atoms with Crippen molar-refractivity contribution >= 4 is 0 Å². The van der Waals surface area contributed by atoms with Gasteiger partial charge in [0.15, 0.2) is 0 Å². The van der Waals surface area contributed by atoms with Gasteiger partial charge >= 0.3 is 0 Å². The molecule has 1 aromatic rings. The first-order chi connectivity index (χ1) is 34.1. The maximum absolute atomic E-state index is 6.86. The Balaban J connectivity index is 3.25. The molecule has 0 amide bonds.